The molecule has 0 bridgehead atoms. The van der Waals surface area contributed by atoms with E-state index in [1.54, 1.807) is 42.8 Å². The Morgan fingerprint density at radius 3 is 2.19 bits per heavy atom. The second-order valence-corrected chi connectivity index (χ2v) is 6.98. The molecule has 0 spiro atoms. The number of aromatic nitrogens is 2. The molecule has 0 aliphatic rings. The van der Waals surface area contributed by atoms with Crippen LogP contribution in [0.25, 0.3) is 5.69 Å². The first-order chi connectivity index (χ1) is 9.72. The van der Waals surface area contributed by atoms with Crippen molar-refractivity contribution >= 4 is 15.7 Å². The molecule has 2 aromatic rings. The molecule has 3 N–H and O–H groups in total. The van der Waals surface area contributed by atoms with Gasteiger partial charge in [0.05, 0.1) is 27.7 Å². The van der Waals surface area contributed by atoms with Crippen molar-refractivity contribution in [2.24, 2.45) is 0 Å². The predicted octanol–water partition coefficient (Wildman–Crippen LogP) is 1.76. The van der Waals surface area contributed by atoms with Gasteiger partial charge in [-0.15, -0.1) is 0 Å². The van der Waals surface area contributed by atoms with Gasteiger partial charge in [0.1, 0.15) is 0 Å². The molecule has 1 aromatic heterocycles. The van der Waals surface area contributed by atoms with Crippen LogP contribution in [0.1, 0.15) is 25.2 Å². The highest BCUT2D eigenvalue weighted by atomic mass is 32.2. The lowest BCUT2D eigenvalue weighted by atomic mass is 10.3. The maximum atomic E-state index is 12.1. The zero-order chi connectivity index (χ0) is 15.8. The number of nitrogen functional groups attached to an aromatic ring is 1. The topological polar surface area (TPSA) is 90.0 Å². The van der Waals surface area contributed by atoms with E-state index in [2.05, 4.69) is 9.82 Å². The van der Waals surface area contributed by atoms with Crippen molar-refractivity contribution in [3.8, 4) is 5.69 Å². The van der Waals surface area contributed by atoms with Crippen molar-refractivity contribution in [2.45, 2.75) is 38.6 Å². The van der Waals surface area contributed by atoms with Gasteiger partial charge in [0.15, 0.2) is 0 Å². The van der Waals surface area contributed by atoms with Crippen LogP contribution in [0.4, 0.5) is 5.69 Å². The smallest absolute Gasteiger partial charge is 0.240 e. The van der Waals surface area contributed by atoms with Gasteiger partial charge in [0, 0.05) is 6.04 Å². The SMILES string of the molecule is Cc1nn(-c2ccc(S(=O)(=O)NC(C)C)cc2)c(C)c1N. The van der Waals surface area contributed by atoms with Crippen molar-refractivity contribution in [1.29, 1.82) is 0 Å². The zero-order valence-electron chi connectivity index (χ0n) is 12.6. The average molecular weight is 308 g/mol. The van der Waals surface area contributed by atoms with Gasteiger partial charge in [-0.1, -0.05) is 0 Å². The monoisotopic (exact) mass is 308 g/mol. The molecular weight excluding hydrogens is 288 g/mol. The Morgan fingerprint density at radius 2 is 1.76 bits per heavy atom. The van der Waals surface area contributed by atoms with E-state index in [0.29, 0.717) is 5.69 Å². The van der Waals surface area contributed by atoms with Crippen molar-refractivity contribution in [1.82, 2.24) is 14.5 Å². The van der Waals surface area contributed by atoms with Crippen LogP contribution in [0.15, 0.2) is 29.2 Å². The standard InChI is InChI=1S/C14H20N4O2S/c1-9(2)17-21(19,20)13-7-5-12(6-8-13)18-11(4)14(15)10(3)16-18/h5-9,17H,15H2,1-4H3. The van der Waals surface area contributed by atoms with E-state index in [4.69, 9.17) is 5.73 Å². The van der Waals surface area contributed by atoms with Crippen molar-refractivity contribution in [3.05, 3.63) is 35.7 Å². The summed E-state index contributed by atoms with van der Waals surface area (Å²) in [7, 11) is -3.48. The van der Waals surface area contributed by atoms with E-state index in [-0.39, 0.29) is 10.9 Å². The van der Waals surface area contributed by atoms with Gasteiger partial charge in [-0.3, -0.25) is 0 Å². The fourth-order valence-electron chi connectivity index (χ4n) is 2.05. The summed E-state index contributed by atoms with van der Waals surface area (Å²) in [6, 6.07) is 6.41. The van der Waals surface area contributed by atoms with Crippen LogP contribution in [-0.4, -0.2) is 24.2 Å². The second kappa shape index (κ2) is 5.50. The van der Waals surface area contributed by atoms with Crippen LogP contribution < -0.4 is 10.5 Å². The summed E-state index contributed by atoms with van der Waals surface area (Å²) in [5.74, 6) is 0. The highest BCUT2D eigenvalue weighted by molar-refractivity contribution is 7.89. The van der Waals surface area contributed by atoms with Crippen LogP contribution in [0.2, 0.25) is 0 Å². The van der Waals surface area contributed by atoms with Crippen molar-refractivity contribution in [2.75, 3.05) is 5.73 Å². The minimum atomic E-state index is -3.48. The van der Waals surface area contributed by atoms with Gasteiger partial charge in [0.2, 0.25) is 10.0 Å². The highest BCUT2D eigenvalue weighted by Gasteiger charge is 2.16. The molecule has 114 valence electrons. The lowest BCUT2D eigenvalue weighted by Gasteiger charge is -2.10. The van der Waals surface area contributed by atoms with Crippen LogP contribution in [0.5, 0.6) is 0 Å². The van der Waals surface area contributed by atoms with Gasteiger partial charge < -0.3 is 5.73 Å². The average Bonchev–Trinajstić information content (AvgIpc) is 2.65. The highest BCUT2D eigenvalue weighted by Crippen LogP contribution is 2.20. The van der Waals surface area contributed by atoms with E-state index in [1.165, 1.54) is 0 Å². The molecule has 0 radical (unpaired) electrons. The fourth-order valence-corrected chi connectivity index (χ4v) is 3.30. The number of hydrogen-bond acceptors (Lipinski definition) is 4. The molecule has 6 nitrogen and oxygen atoms in total. The molecule has 2 rings (SSSR count). The first-order valence-corrected chi connectivity index (χ1v) is 8.15. The Morgan fingerprint density at radius 1 is 1.19 bits per heavy atom. The predicted molar refractivity (Wildman–Crippen MR) is 82.9 cm³/mol. The normalized spacial score (nSPS) is 12.0. The van der Waals surface area contributed by atoms with Crippen LogP contribution in [0.3, 0.4) is 0 Å². The van der Waals surface area contributed by atoms with Gasteiger partial charge >= 0.3 is 0 Å². The second-order valence-electron chi connectivity index (χ2n) is 5.27. The van der Waals surface area contributed by atoms with E-state index in [0.717, 1.165) is 17.1 Å². The number of rotatable bonds is 4. The largest absolute Gasteiger partial charge is 0.396 e. The lowest BCUT2D eigenvalue weighted by molar-refractivity contribution is 0.570. The van der Waals surface area contributed by atoms with Crippen LogP contribution >= 0.6 is 0 Å². The first kappa shape index (κ1) is 15.5. The summed E-state index contributed by atoms with van der Waals surface area (Å²) in [4.78, 5) is 0.231. The first-order valence-electron chi connectivity index (χ1n) is 6.67. The summed E-state index contributed by atoms with van der Waals surface area (Å²) >= 11 is 0. The van der Waals surface area contributed by atoms with Gasteiger partial charge in [-0.05, 0) is 52.0 Å². The Labute approximate surface area is 125 Å². The van der Waals surface area contributed by atoms with E-state index >= 15 is 0 Å². The number of hydrogen-bond donors (Lipinski definition) is 2. The third kappa shape index (κ3) is 3.08. The molecule has 0 aliphatic heterocycles. The summed E-state index contributed by atoms with van der Waals surface area (Å²) in [5, 5.41) is 4.35. The Hall–Kier alpha value is -1.86. The lowest BCUT2D eigenvalue weighted by Crippen LogP contribution is -2.30. The molecule has 0 saturated heterocycles. The minimum absolute atomic E-state index is 0.148. The van der Waals surface area contributed by atoms with Crippen molar-refractivity contribution < 1.29 is 8.42 Å². The molecule has 21 heavy (non-hydrogen) atoms. The molecule has 1 heterocycles. The van der Waals surface area contributed by atoms with E-state index in [1.807, 2.05) is 13.8 Å². The molecule has 0 atom stereocenters. The number of nitrogens with one attached hydrogen (secondary N) is 1. The van der Waals surface area contributed by atoms with Gasteiger partial charge in [-0.2, -0.15) is 5.10 Å². The van der Waals surface area contributed by atoms with E-state index < -0.39 is 10.0 Å². The Balaban J connectivity index is 2.37. The molecule has 0 saturated carbocycles. The number of nitrogens with zero attached hydrogens (tertiary/aromatic N) is 2. The molecular formula is C14H20N4O2S. The number of benzene rings is 1. The summed E-state index contributed by atoms with van der Waals surface area (Å²) in [6.07, 6.45) is 0. The zero-order valence-corrected chi connectivity index (χ0v) is 13.4. The summed E-state index contributed by atoms with van der Waals surface area (Å²) < 4.78 is 28.4. The molecule has 0 unspecified atom stereocenters. The fraction of sp³-hybridized carbons (Fsp3) is 0.357. The van der Waals surface area contributed by atoms with Crippen LogP contribution in [-0.2, 0) is 10.0 Å². The van der Waals surface area contributed by atoms with E-state index in [9.17, 15) is 8.42 Å². The maximum Gasteiger partial charge on any atom is 0.240 e. The summed E-state index contributed by atoms with van der Waals surface area (Å²) in [6.45, 7) is 7.28. The van der Waals surface area contributed by atoms with Crippen molar-refractivity contribution in [3.63, 3.8) is 0 Å². The number of aryl methyl sites for hydroxylation is 1. The molecule has 0 fully saturated rings. The summed E-state index contributed by atoms with van der Waals surface area (Å²) in [5.41, 5.74) is 8.92. The number of nitrogens with two attached hydrogens (primary N) is 1. The van der Waals surface area contributed by atoms with Crippen LogP contribution in [0, 0.1) is 13.8 Å². The molecule has 1 aromatic carbocycles. The Kier molecular flexibility index (Phi) is 4.06. The molecule has 0 aliphatic carbocycles. The number of sulfonamides is 1. The third-order valence-electron chi connectivity index (χ3n) is 3.13. The molecule has 7 heteroatoms. The number of anilines is 1. The quantitative estimate of drug-likeness (QED) is 0.900. The maximum absolute atomic E-state index is 12.1. The van der Waals surface area contributed by atoms with Gasteiger partial charge in [-0.25, -0.2) is 17.8 Å². The third-order valence-corrected chi connectivity index (χ3v) is 4.80. The Bertz CT molecular complexity index is 746. The molecule has 0 amide bonds. The minimum Gasteiger partial charge on any atom is -0.396 e. The van der Waals surface area contributed by atoms with Gasteiger partial charge in [0.25, 0.3) is 0 Å².